The molecule has 0 aromatic carbocycles. The van der Waals surface area contributed by atoms with Crippen LogP contribution in [0.2, 0.25) is 0 Å². The van der Waals surface area contributed by atoms with Crippen LogP contribution in [0.1, 0.15) is 27.2 Å². The van der Waals surface area contributed by atoms with Crippen molar-refractivity contribution in [1.82, 2.24) is 9.80 Å². The lowest BCUT2D eigenvalue weighted by Gasteiger charge is -2.27. The van der Waals surface area contributed by atoms with E-state index < -0.39 is 5.41 Å². The Hall–Kier alpha value is -1.26. The number of rotatable bonds is 3. The molecule has 1 heterocycles. The van der Waals surface area contributed by atoms with Crippen LogP contribution >= 0.6 is 0 Å². The Morgan fingerprint density at radius 1 is 1.38 bits per heavy atom. The highest BCUT2D eigenvalue weighted by atomic mass is 16.2. The minimum Gasteiger partial charge on any atom is -0.369 e. The van der Waals surface area contributed by atoms with Crippen molar-refractivity contribution < 1.29 is 9.59 Å². The molecule has 0 radical (unpaired) electrons. The minimum atomic E-state index is -0.553. The summed E-state index contributed by atoms with van der Waals surface area (Å²) in [6, 6.07) is 0.00924. The highest BCUT2D eigenvalue weighted by Crippen LogP contribution is 2.29. The Kier molecular flexibility index (Phi) is 3.78. The van der Waals surface area contributed by atoms with Gasteiger partial charge in [-0.15, -0.1) is 0 Å². The Morgan fingerprint density at radius 2 is 1.94 bits per heavy atom. The van der Waals surface area contributed by atoms with Crippen LogP contribution < -0.4 is 5.73 Å². The lowest BCUT2D eigenvalue weighted by atomic mass is 9.89. The van der Waals surface area contributed by atoms with E-state index in [1.165, 1.54) is 0 Å². The molecular formula is C11H21N3O2. The van der Waals surface area contributed by atoms with Crippen LogP contribution in [-0.4, -0.2) is 47.9 Å². The third-order valence-corrected chi connectivity index (χ3v) is 3.37. The Morgan fingerprint density at radius 3 is 2.31 bits per heavy atom. The first-order chi connectivity index (χ1) is 7.44. The third-order valence-electron chi connectivity index (χ3n) is 3.37. The number of carbonyl (C=O) groups excluding carboxylic acids is 2. The van der Waals surface area contributed by atoms with Gasteiger partial charge in [-0.1, -0.05) is 0 Å². The summed E-state index contributed by atoms with van der Waals surface area (Å²) in [5.74, 6) is -0.317. The van der Waals surface area contributed by atoms with Gasteiger partial charge >= 0.3 is 6.03 Å². The molecule has 5 heteroatoms. The predicted octanol–water partition coefficient (Wildman–Crippen LogP) is 0.646. The smallest absolute Gasteiger partial charge is 0.320 e. The summed E-state index contributed by atoms with van der Waals surface area (Å²) >= 11 is 0. The Balaban J connectivity index is 2.66. The van der Waals surface area contributed by atoms with Crippen LogP contribution in [0, 0.1) is 5.41 Å². The summed E-state index contributed by atoms with van der Waals surface area (Å²) in [6.07, 6.45) is 0.662. The number of nitrogens with two attached hydrogens (primary N) is 1. The van der Waals surface area contributed by atoms with Crippen LogP contribution in [0.25, 0.3) is 0 Å². The van der Waals surface area contributed by atoms with Crippen molar-refractivity contribution >= 4 is 11.9 Å². The number of nitrogens with zero attached hydrogens (tertiary/aromatic N) is 2. The molecule has 0 spiro atoms. The Bertz CT molecular complexity index is 289. The first kappa shape index (κ1) is 12.8. The van der Waals surface area contributed by atoms with Crippen LogP contribution in [0.4, 0.5) is 4.79 Å². The number of carbonyl (C=O) groups is 2. The van der Waals surface area contributed by atoms with Gasteiger partial charge in [0.05, 0.1) is 5.41 Å². The lowest BCUT2D eigenvalue weighted by Crippen LogP contribution is -2.44. The molecule has 3 amide bonds. The van der Waals surface area contributed by atoms with Gasteiger partial charge in [-0.3, -0.25) is 4.79 Å². The maximum atomic E-state index is 12.0. The highest BCUT2D eigenvalue weighted by Gasteiger charge is 2.41. The standard InChI is InChI=1S/C11H21N3O2/c1-4-13(5-2)10(16)14-7-6-11(3,8-14)9(12)15/h4-8H2,1-3H3,(H2,12,15). The van der Waals surface area contributed by atoms with Crippen LogP contribution in [-0.2, 0) is 4.79 Å². The quantitative estimate of drug-likeness (QED) is 0.769. The molecule has 1 unspecified atom stereocenters. The van der Waals surface area contributed by atoms with E-state index in [1.54, 1.807) is 9.80 Å². The summed E-state index contributed by atoms with van der Waals surface area (Å²) in [5, 5.41) is 0. The highest BCUT2D eigenvalue weighted by molar-refractivity contribution is 5.83. The van der Waals surface area contributed by atoms with E-state index in [2.05, 4.69) is 0 Å². The van der Waals surface area contributed by atoms with Gasteiger partial charge < -0.3 is 15.5 Å². The van der Waals surface area contributed by atoms with Gasteiger partial charge in [-0.25, -0.2) is 4.79 Å². The van der Waals surface area contributed by atoms with Crippen molar-refractivity contribution in [2.45, 2.75) is 27.2 Å². The molecule has 0 aromatic rings. The maximum Gasteiger partial charge on any atom is 0.320 e. The number of primary amides is 1. The number of urea groups is 1. The third kappa shape index (κ3) is 2.28. The first-order valence-corrected chi connectivity index (χ1v) is 5.78. The van der Waals surface area contributed by atoms with Gasteiger partial charge in [-0.2, -0.15) is 0 Å². The number of hydrogen-bond donors (Lipinski definition) is 1. The van der Waals surface area contributed by atoms with Gasteiger partial charge in [-0.05, 0) is 27.2 Å². The molecule has 1 aliphatic heterocycles. The van der Waals surface area contributed by atoms with Gasteiger partial charge in [0.2, 0.25) is 5.91 Å². The summed E-state index contributed by atoms with van der Waals surface area (Å²) in [7, 11) is 0. The summed E-state index contributed by atoms with van der Waals surface area (Å²) in [4.78, 5) is 26.8. The number of amides is 3. The second-order valence-corrected chi connectivity index (χ2v) is 4.55. The summed E-state index contributed by atoms with van der Waals surface area (Å²) in [5.41, 5.74) is 4.79. The number of hydrogen-bond acceptors (Lipinski definition) is 2. The van der Waals surface area contributed by atoms with Crippen molar-refractivity contribution in [3.63, 3.8) is 0 Å². The molecule has 1 saturated heterocycles. The Labute approximate surface area is 96.6 Å². The molecule has 16 heavy (non-hydrogen) atoms. The summed E-state index contributed by atoms with van der Waals surface area (Å²) in [6.45, 7) is 8.17. The van der Waals surface area contributed by atoms with Gasteiger partial charge in [0, 0.05) is 26.2 Å². The SMILES string of the molecule is CCN(CC)C(=O)N1CCC(C)(C(N)=O)C1. The maximum absolute atomic E-state index is 12.0. The molecule has 0 aromatic heterocycles. The van der Waals surface area contributed by atoms with E-state index in [4.69, 9.17) is 5.73 Å². The van der Waals surface area contributed by atoms with Gasteiger partial charge in [0.15, 0.2) is 0 Å². The zero-order valence-corrected chi connectivity index (χ0v) is 10.3. The first-order valence-electron chi connectivity index (χ1n) is 5.78. The molecule has 0 aliphatic carbocycles. The number of likely N-dealkylation sites (tertiary alicyclic amines) is 1. The van der Waals surface area contributed by atoms with E-state index in [-0.39, 0.29) is 11.9 Å². The fraction of sp³-hybridized carbons (Fsp3) is 0.818. The van der Waals surface area contributed by atoms with E-state index >= 15 is 0 Å². The molecule has 0 saturated carbocycles. The predicted molar refractivity (Wildman–Crippen MR) is 61.8 cm³/mol. The molecule has 1 rings (SSSR count). The molecule has 0 bridgehead atoms. The van der Waals surface area contributed by atoms with Crippen molar-refractivity contribution in [2.24, 2.45) is 11.1 Å². The van der Waals surface area contributed by atoms with Gasteiger partial charge in [0.1, 0.15) is 0 Å². The summed E-state index contributed by atoms with van der Waals surface area (Å²) < 4.78 is 0. The molecule has 1 atom stereocenters. The van der Waals surface area contributed by atoms with Crippen LogP contribution in [0.5, 0.6) is 0 Å². The second kappa shape index (κ2) is 4.72. The zero-order chi connectivity index (χ0) is 12.3. The molecule has 1 aliphatic rings. The van der Waals surface area contributed by atoms with Crippen molar-refractivity contribution in [3.05, 3.63) is 0 Å². The molecule has 92 valence electrons. The van der Waals surface area contributed by atoms with Crippen LogP contribution in [0.15, 0.2) is 0 Å². The fourth-order valence-electron chi connectivity index (χ4n) is 2.02. The topological polar surface area (TPSA) is 66.6 Å². The second-order valence-electron chi connectivity index (χ2n) is 4.55. The van der Waals surface area contributed by atoms with Crippen molar-refractivity contribution in [1.29, 1.82) is 0 Å². The average molecular weight is 227 g/mol. The van der Waals surface area contributed by atoms with Crippen LogP contribution in [0.3, 0.4) is 0 Å². The van der Waals surface area contributed by atoms with E-state index in [1.807, 2.05) is 20.8 Å². The zero-order valence-electron chi connectivity index (χ0n) is 10.3. The normalized spacial score (nSPS) is 24.6. The van der Waals surface area contributed by atoms with Crippen molar-refractivity contribution in [2.75, 3.05) is 26.2 Å². The van der Waals surface area contributed by atoms with E-state index in [9.17, 15) is 9.59 Å². The average Bonchev–Trinajstić information content (AvgIpc) is 2.64. The van der Waals surface area contributed by atoms with E-state index in [0.29, 0.717) is 32.6 Å². The van der Waals surface area contributed by atoms with Crippen molar-refractivity contribution in [3.8, 4) is 0 Å². The van der Waals surface area contributed by atoms with E-state index in [0.717, 1.165) is 0 Å². The molecule has 2 N–H and O–H groups in total. The van der Waals surface area contributed by atoms with Gasteiger partial charge in [0.25, 0.3) is 0 Å². The fourth-order valence-corrected chi connectivity index (χ4v) is 2.02. The molecule has 5 nitrogen and oxygen atoms in total. The molecular weight excluding hydrogens is 206 g/mol. The lowest BCUT2D eigenvalue weighted by molar-refractivity contribution is -0.126. The minimum absolute atomic E-state index is 0.00924. The molecule has 1 fully saturated rings. The largest absolute Gasteiger partial charge is 0.369 e. The monoisotopic (exact) mass is 227 g/mol.